The van der Waals surface area contributed by atoms with Crippen molar-refractivity contribution < 1.29 is 67.5 Å². The lowest BCUT2D eigenvalue weighted by Crippen LogP contribution is -2.51. The van der Waals surface area contributed by atoms with Crippen LogP contribution in [0.3, 0.4) is 0 Å². The van der Waals surface area contributed by atoms with Crippen LogP contribution in [0.15, 0.2) is 95.6 Å². The summed E-state index contributed by atoms with van der Waals surface area (Å²) in [4.78, 5) is 127. The number of hydrogen-bond donors (Lipinski definition) is 7. The first-order valence-corrected chi connectivity index (χ1v) is 33.3. The number of Topliss-reactive ketones (excluding diaryl/α,β-unsaturated/α-hetero) is 1. The normalized spacial score (nSPS) is 23.7. The van der Waals surface area contributed by atoms with Crippen molar-refractivity contribution in [3.8, 4) is 11.5 Å². The van der Waals surface area contributed by atoms with Crippen LogP contribution in [0.5, 0.6) is 11.5 Å². The molecule has 4 aliphatic heterocycles. The summed E-state index contributed by atoms with van der Waals surface area (Å²) in [6, 6.07) is 11.3. The quantitative estimate of drug-likeness (QED) is 0.0150. The largest absolute Gasteiger partial charge is 0.505 e. The summed E-state index contributed by atoms with van der Waals surface area (Å²) in [5.41, 5.74) is 2.31. The summed E-state index contributed by atoms with van der Waals surface area (Å²) < 4.78 is 24.8. The molecule has 4 aliphatic rings. The molecule has 0 radical (unpaired) electrons. The number of anilines is 3. The molecule has 1 fully saturated rings. The number of imide groups is 1. The number of alkyl carbamates (subject to hydrolysis) is 1. The van der Waals surface area contributed by atoms with Crippen LogP contribution in [0, 0.1) is 36.5 Å². The lowest BCUT2D eigenvalue weighted by molar-refractivity contribution is -0.137. The third-order valence-electron chi connectivity index (χ3n) is 18.2. The van der Waals surface area contributed by atoms with Crippen molar-refractivity contribution in [2.75, 3.05) is 48.8 Å². The summed E-state index contributed by atoms with van der Waals surface area (Å²) in [7, 11) is 1.53. The van der Waals surface area contributed by atoms with Gasteiger partial charge in [0.1, 0.15) is 24.1 Å². The van der Waals surface area contributed by atoms with E-state index in [1.807, 2.05) is 44.2 Å². The van der Waals surface area contributed by atoms with E-state index in [9.17, 15) is 53.4 Å². The molecule has 95 heavy (non-hydrogen) atoms. The third kappa shape index (κ3) is 16.4. The van der Waals surface area contributed by atoms with Gasteiger partial charge in [0.25, 0.3) is 23.5 Å². The summed E-state index contributed by atoms with van der Waals surface area (Å²) in [6.45, 7) is 17.3. The number of nitrogens with zero attached hydrogens (tertiary/aromatic N) is 3. The van der Waals surface area contributed by atoms with Crippen LogP contribution in [0.4, 0.5) is 21.9 Å². The Bertz CT molecular complexity index is 3970. The lowest BCUT2D eigenvalue weighted by atomic mass is 9.82. The number of fused-ring (bicyclic) bond motifs is 2. The Balaban J connectivity index is 0.835. The van der Waals surface area contributed by atoms with Crippen molar-refractivity contribution in [3.63, 3.8) is 0 Å². The number of piperidine rings is 1. The van der Waals surface area contributed by atoms with Crippen molar-refractivity contribution in [1.29, 1.82) is 0 Å². The van der Waals surface area contributed by atoms with Crippen molar-refractivity contribution in [2.45, 2.75) is 150 Å². The second-order valence-electron chi connectivity index (χ2n) is 26.0. The van der Waals surface area contributed by atoms with Crippen molar-refractivity contribution in [3.05, 3.63) is 118 Å². The Morgan fingerprint density at radius 3 is 2.32 bits per heavy atom. The number of benzene rings is 4. The Hall–Kier alpha value is -9.00. The number of aliphatic hydroxyl groups excluding tert-OH is 1. The smallest absolute Gasteiger partial charge is 0.407 e. The predicted octanol–water partition coefficient (Wildman–Crippen LogP) is 9.53. The number of ketones is 1. The molecule has 1 unspecified atom stereocenters. The van der Waals surface area contributed by atoms with Gasteiger partial charge < -0.3 is 60.6 Å². The molecule has 1 aromatic heterocycles. The zero-order valence-corrected chi connectivity index (χ0v) is 56.2. The highest BCUT2D eigenvalue weighted by Crippen LogP contribution is 2.50. The van der Waals surface area contributed by atoms with Crippen LogP contribution in [0.1, 0.15) is 128 Å². The fourth-order valence-corrected chi connectivity index (χ4v) is 13.8. The highest BCUT2D eigenvalue weighted by atomic mass is 32.1. The predicted molar refractivity (Wildman–Crippen MR) is 363 cm³/mol. The molecule has 0 aliphatic carbocycles. The number of unbranched alkanes of at least 4 members (excludes halogenated alkanes) is 2. The van der Waals surface area contributed by atoms with E-state index >= 15 is 0 Å². The van der Waals surface area contributed by atoms with Crippen molar-refractivity contribution in [1.82, 2.24) is 25.8 Å². The van der Waals surface area contributed by atoms with Gasteiger partial charge in [0.15, 0.2) is 11.2 Å². The van der Waals surface area contributed by atoms with Crippen LogP contribution < -0.4 is 41.6 Å². The van der Waals surface area contributed by atoms with Gasteiger partial charge in [0, 0.05) is 92.1 Å². The zero-order valence-electron chi connectivity index (χ0n) is 55.4. The molecule has 24 heteroatoms. The maximum atomic E-state index is 14.9. The molecule has 5 heterocycles. The number of rotatable bonds is 17. The summed E-state index contributed by atoms with van der Waals surface area (Å²) in [5.74, 6) is -6.05. The Morgan fingerprint density at radius 2 is 1.62 bits per heavy atom. The second kappa shape index (κ2) is 30.6. The molecule has 9 rings (SSSR count). The Labute approximate surface area is 555 Å². The van der Waals surface area contributed by atoms with Crippen LogP contribution in [-0.2, 0) is 49.6 Å². The van der Waals surface area contributed by atoms with Crippen molar-refractivity contribution >= 4 is 107 Å². The summed E-state index contributed by atoms with van der Waals surface area (Å²) in [5, 5.41) is 37.7. The molecular weight excluding hydrogens is 1240 g/mol. The number of methoxy groups -OCH3 is 1. The number of carbonyl (C=O) groups is 8. The van der Waals surface area contributed by atoms with Gasteiger partial charge in [-0.05, 0) is 118 Å². The van der Waals surface area contributed by atoms with E-state index in [4.69, 9.17) is 23.9 Å². The maximum Gasteiger partial charge on any atom is 0.407 e. The highest BCUT2D eigenvalue weighted by Gasteiger charge is 2.49. The van der Waals surface area contributed by atoms with E-state index in [0.29, 0.717) is 76.9 Å². The van der Waals surface area contributed by atoms with E-state index < -0.39 is 64.8 Å². The minimum Gasteiger partial charge on any atom is -0.505 e. The molecule has 1 saturated heterocycles. The number of phenolic OH excluding ortho intramolecular Hbond substituents is 1. The average molecular weight is 1320 g/mol. The second-order valence-corrected chi connectivity index (χ2v) is 27.0. The minimum atomic E-state index is -1.97. The molecule has 7 N–H and O–H groups in total. The maximum absolute atomic E-state index is 14.9. The van der Waals surface area contributed by atoms with E-state index in [1.165, 1.54) is 50.7 Å². The number of allylic oxidation sites excluding steroid dienone is 3. The fraction of sp³-hybridized carbons (Fsp3) is 0.465. The topological polar surface area (TPSA) is 311 Å². The van der Waals surface area contributed by atoms with Gasteiger partial charge >= 0.3 is 11.9 Å². The summed E-state index contributed by atoms with van der Waals surface area (Å²) >= 11 is 1.22. The number of aromatic hydroxyl groups is 1. The van der Waals surface area contributed by atoms with Gasteiger partial charge in [-0.3, -0.25) is 43.3 Å². The number of carbonyl (C=O) groups excluding carboxylic acids is 8. The van der Waals surface area contributed by atoms with Gasteiger partial charge in [-0.1, -0.05) is 78.3 Å². The molecule has 23 nitrogen and oxygen atoms in total. The van der Waals surface area contributed by atoms with Crippen LogP contribution in [-0.4, -0.2) is 131 Å². The lowest BCUT2D eigenvalue weighted by Gasteiger charge is -2.33. The van der Waals surface area contributed by atoms with Gasteiger partial charge in [0.2, 0.25) is 17.7 Å². The first kappa shape index (κ1) is 70.3. The number of amides is 7. The highest BCUT2D eigenvalue weighted by molar-refractivity contribution is 7.25. The first-order valence-electron chi connectivity index (χ1n) is 32.5. The number of aromatic nitrogens is 1. The number of phenols is 1. The molecule has 5 aromatic rings. The average Bonchev–Trinajstić information content (AvgIpc) is 1.66. The molecule has 506 valence electrons. The first-order chi connectivity index (χ1) is 45.2. The van der Waals surface area contributed by atoms with Gasteiger partial charge in [0.05, 0.1) is 56.4 Å². The van der Waals surface area contributed by atoms with Crippen molar-refractivity contribution in [2.24, 2.45) is 29.6 Å². The molecule has 8 atom stereocenters. The van der Waals surface area contributed by atoms with Crippen LogP contribution in [0.25, 0.3) is 31.2 Å². The monoisotopic (exact) mass is 1320 g/mol. The molecule has 4 aromatic carbocycles. The minimum absolute atomic E-state index is 0.0153. The van der Waals surface area contributed by atoms with E-state index in [-0.39, 0.29) is 118 Å². The molecule has 7 amide bonds. The van der Waals surface area contributed by atoms with Crippen LogP contribution in [0.2, 0.25) is 0 Å². The summed E-state index contributed by atoms with van der Waals surface area (Å²) in [6.07, 6.45) is 13.6. The Kier molecular flexibility index (Phi) is 22.7. The molecule has 0 saturated carbocycles. The van der Waals surface area contributed by atoms with E-state index in [1.54, 1.807) is 57.2 Å². The van der Waals surface area contributed by atoms with Crippen LogP contribution >= 0.6 is 11.3 Å². The van der Waals surface area contributed by atoms with Gasteiger partial charge in [-0.15, -0.1) is 11.3 Å². The number of ether oxygens (including phenoxy) is 4. The number of aliphatic hydroxyl groups is 1. The van der Waals surface area contributed by atoms with E-state index in [2.05, 4.69) is 45.3 Å². The number of nitrogens with one attached hydrogen (secondary N) is 5. The zero-order chi connectivity index (χ0) is 68.6. The van der Waals surface area contributed by atoms with E-state index in [0.717, 1.165) is 23.4 Å². The molecular formula is C71H86N8O15S. The van der Waals surface area contributed by atoms with Gasteiger partial charge in [-0.2, -0.15) is 0 Å². The Morgan fingerprint density at radius 1 is 0.905 bits per heavy atom. The van der Waals surface area contributed by atoms with Gasteiger partial charge in [-0.25, -0.2) is 9.78 Å². The molecule has 4 bridgehead atoms. The SMILES string of the molecule is CO[C@H]1/C=C/O[C@@]2(C)Oc3c(C)c(=O)c4c(O)c(c5sc6cc(N7CCC(NC(=O)OCc8ccc(NC(=O)CNC(=O)C(NC(=O)CCCCCN9C(=O)C=CC9=O)C(C)C)cc8)CC7)ccc6nc5c4c3C2=O)NC(=O)/C(C)=C\C=C\[C@H](C)C[C@@H](C)C[C@@H](C)[C@H](O)[C@@H]1C. The standard InChI is InChI=1S/C71H86N8O15S/c1-38(2)59(76-52(80)17-12-11-13-29-79-54(82)24-25-55(79)83)69(89)72-36-53(81)73-46-20-18-45(19-21-46)37-92-70(90)74-47-26-30-78(31-27-47)48-22-23-49-51(35-48)95-66-60(75-49)56-57-63(85)44(8)65-58(56)67(87)71(9,94-65)93-32-28-50(91-10)43(7)62(84)42(6)34-40(4)33-39(3)15-14-16-41(5)68(88)77-61(66)64(57)86/h14-16,18-25,28,32,35,38-40,42-43,47,50,59,62,84,86H,11-13,17,26-27,29-31,33-34,36-37H2,1-10H3,(H,72,89)(H,73,81)(H,74,90)(H,76,80)(H,77,88)/b15-14+,32-28+,41-16-/t39-,40+,42+,43+,50-,59?,62-,71-/m0/s1. The molecule has 0 spiro atoms. The third-order valence-corrected chi connectivity index (χ3v) is 19.3. The fourth-order valence-electron chi connectivity index (χ4n) is 12.7. The number of hydrogen-bond acceptors (Lipinski definition) is 18.